The zero-order valence-electron chi connectivity index (χ0n) is 10.1. The van der Waals surface area contributed by atoms with E-state index in [1.165, 1.54) is 35.3 Å². The second-order valence-electron chi connectivity index (χ2n) is 4.72. The van der Waals surface area contributed by atoms with Gasteiger partial charge in [-0.1, -0.05) is 6.07 Å². The van der Waals surface area contributed by atoms with Gasteiger partial charge in [-0.15, -0.1) is 11.3 Å². The van der Waals surface area contributed by atoms with E-state index in [-0.39, 0.29) is 0 Å². The van der Waals surface area contributed by atoms with Gasteiger partial charge in [-0.25, -0.2) is 0 Å². The van der Waals surface area contributed by atoms with Crippen LogP contribution < -0.4 is 5.32 Å². The highest BCUT2D eigenvalue weighted by molar-refractivity contribution is 7.09. The van der Waals surface area contributed by atoms with Crippen LogP contribution in [0, 0.1) is 0 Å². The van der Waals surface area contributed by atoms with Gasteiger partial charge >= 0.3 is 0 Å². The molecular formula is C14H18N2S. The van der Waals surface area contributed by atoms with E-state index in [4.69, 9.17) is 0 Å². The molecule has 0 amide bonds. The number of nitrogens with one attached hydrogen (secondary N) is 1. The topological polar surface area (TPSA) is 17.0 Å². The summed E-state index contributed by atoms with van der Waals surface area (Å²) in [5.74, 6) is 0. The van der Waals surface area contributed by atoms with Crippen LogP contribution in [0.4, 0.5) is 0 Å². The summed E-state index contributed by atoms with van der Waals surface area (Å²) in [6.07, 6.45) is 8.48. The highest BCUT2D eigenvalue weighted by Crippen LogP contribution is 2.30. The number of hydrogen-bond acceptors (Lipinski definition) is 2. The van der Waals surface area contributed by atoms with Gasteiger partial charge in [-0.3, -0.25) is 0 Å². The van der Waals surface area contributed by atoms with Crippen molar-refractivity contribution in [3.63, 3.8) is 0 Å². The van der Waals surface area contributed by atoms with Crippen molar-refractivity contribution in [3.05, 3.63) is 45.9 Å². The molecule has 17 heavy (non-hydrogen) atoms. The fourth-order valence-electron chi connectivity index (χ4n) is 2.72. The van der Waals surface area contributed by atoms with E-state index in [1.54, 1.807) is 0 Å². The van der Waals surface area contributed by atoms with Crippen molar-refractivity contribution in [3.8, 4) is 0 Å². The molecule has 0 radical (unpaired) electrons. The smallest absolute Gasteiger partial charge is 0.0563 e. The van der Waals surface area contributed by atoms with E-state index in [2.05, 4.69) is 46.8 Å². The Kier molecular flexibility index (Phi) is 3.04. The summed E-state index contributed by atoms with van der Waals surface area (Å²) in [7, 11) is 2.07. The normalized spacial score (nSPS) is 19.2. The van der Waals surface area contributed by atoms with Gasteiger partial charge in [0.15, 0.2) is 0 Å². The van der Waals surface area contributed by atoms with Crippen LogP contribution >= 0.6 is 11.3 Å². The number of aromatic nitrogens is 1. The second-order valence-corrected chi connectivity index (χ2v) is 5.76. The van der Waals surface area contributed by atoms with Crippen LogP contribution in [0.25, 0.3) is 0 Å². The number of fused-ring (bicyclic) bond motifs is 1. The van der Waals surface area contributed by atoms with Crippen molar-refractivity contribution in [2.24, 2.45) is 0 Å². The minimum Gasteiger partial charge on any atom is -0.348 e. The van der Waals surface area contributed by atoms with E-state index < -0.39 is 0 Å². The highest BCUT2D eigenvalue weighted by Gasteiger charge is 2.20. The van der Waals surface area contributed by atoms with Crippen molar-refractivity contribution in [1.82, 2.24) is 9.88 Å². The molecule has 1 aliphatic rings. The summed E-state index contributed by atoms with van der Waals surface area (Å²) in [6, 6.07) is 4.89. The lowest BCUT2D eigenvalue weighted by atomic mass is 9.91. The molecule has 2 aromatic rings. The molecule has 3 rings (SSSR count). The molecule has 1 aliphatic carbocycles. The molecule has 3 heteroatoms. The molecule has 1 N–H and O–H groups in total. The molecule has 1 atom stereocenters. The van der Waals surface area contributed by atoms with Crippen LogP contribution in [0.3, 0.4) is 0 Å². The Labute approximate surface area is 106 Å². The lowest BCUT2D eigenvalue weighted by Gasteiger charge is -2.21. The predicted molar refractivity (Wildman–Crippen MR) is 72.6 cm³/mol. The molecule has 90 valence electrons. The minimum atomic E-state index is 0.559. The Hall–Kier alpha value is -1.06. The third-order valence-electron chi connectivity index (χ3n) is 3.58. The maximum atomic E-state index is 3.42. The van der Waals surface area contributed by atoms with Crippen LogP contribution in [-0.2, 0) is 13.0 Å². The summed E-state index contributed by atoms with van der Waals surface area (Å²) in [5.41, 5.74) is 3.04. The maximum Gasteiger partial charge on any atom is 0.0563 e. The van der Waals surface area contributed by atoms with Gasteiger partial charge in [0.25, 0.3) is 0 Å². The van der Waals surface area contributed by atoms with Crippen LogP contribution in [0.2, 0.25) is 0 Å². The fourth-order valence-corrected chi connectivity index (χ4v) is 3.43. The molecule has 0 aliphatic heterocycles. The Morgan fingerprint density at radius 1 is 1.47 bits per heavy atom. The van der Waals surface area contributed by atoms with Crippen LogP contribution in [0.5, 0.6) is 0 Å². The maximum absolute atomic E-state index is 3.42. The third-order valence-corrected chi connectivity index (χ3v) is 4.44. The van der Waals surface area contributed by atoms with Gasteiger partial charge in [0.1, 0.15) is 0 Å². The van der Waals surface area contributed by atoms with Gasteiger partial charge in [-0.2, -0.15) is 0 Å². The molecule has 2 heterocycles. The molecule has 0 aromatic carbocycles. The Morgan fingerprint density at radius 3 is 3.18 bits per heavy atom. The van der Waals surface area contributed by atoms with Gasteiger partial charge in [0.2, 0.25) is 0 Å². The molecule has 0 fully saturated rings. The lowest BCUT2D eigenvalue weighted by Crippen LogP contribution is -2.20. The molecule has 0 spiro atoms. The molecule has 2 nitrogen and oxygen atoms in total. The first-order chi connectivity index (χ1) is 8.36. The summed E-state index contributed by atoms with van der Waals surface area (Å²) >= 11 is 1.83. The van der Waals surface area contributed by atoms with Gasteiger partial charge in [0.05, 0.1) is 6.54 Å². The zero-order valence-corrected chi connectivity index (χ0v) is 11.0. The number of aryl methyl sites for hydroxylation is 1. The zero-order chi connectivity index (χ0) is 11.7. The van der Waals surface area contributed by atoms with Gasteiger partial charge in [0, 0.05) is 23.3 Å². The molecule has 1 unspecified atom stereocenters. The van der Waals surface area contributed by atoms with Crippen LogP contribution in [0.15, 0.2) is 29.9 Å². The van der Waals surface area contributed by atoms with E-state index in [0.29, 0.717) is 6.04 Å². The average Bonchev–Trinajstić information content (AvgIpc) is 2.97. The van der Waals surface area contributed by atoms with E-state index in [1.807, 2.05) is 11.3 Å². The van der Waals surface area contributed by atoms with Crippen molar-refractivity contribution < 1.29 is 0 Å². The molecule has 0 saturated carbocycles. The second kappa shape index (κ2) is 4.67. The monoisotopic (exact) mass is 246 g/mol. The summed E-state index contributed by atoms with van der Waals surface area (Å²) < 4.78 is 2.34. The molecule has 2 aromatic heterocycles. The Bertz CT molecular complexity index is 484. The van der Waals surface area contributed by atoms with Crippen molar-refractivity contribution in [2.45, 2.75) is 31.8 Å². The third kappa shape index (κ3) is 2.17. The minimum absolute atomic E-state index is 0.559. The molecular weight excluding hydrogens is 228 g/mol. The fraction of sp³-hybridized carbons (Fsp3) is 0.429. The van der Waals surface area contributed by atoms with Gasteiger partial charge in [-0.05, 0) is 48.9 Å². The number of hydrogen-bond donors (Lipinski definition) is 1. The number of thiophene rings is 1. The molecule has 0 saturated heterocycles. The predicted octanol–water partition coefficient (Wildman–Crippen LogP) is 3.19. The first-order valence-electron chi connectivity index (χ1n) is 6.25. The Balaban J connectivity index is 1.85. The molecule has 0 bridgehead atoms. The standard InChI is InChI=1S/C14H18N2S/c1-15-14-6-2-4-11-8-16(10-13(11)14)9-12-5-3-7-17-12/h3,5,7-8,10,14-15H,2,4,6,9H2,1H3. The number of nitrogens with zero attached hydrogens (tertiary/aromatic N) is 1. The highest BCUT2D eigenvalue weighted by atomic mass is 32.1. The van der Waals surface area contributed by atoms with Crippen molar-refractivity contribution in [1.29, 1.82) is 0 Å². The largest absolute Gasteiger partial charge is 0.348 e. The van der Waals surface area contributed by atoms with Crippen LogP contribution in [0.1, 0.15) is 34.9 Å². The number of rotatable bonds is 3. The average molecular weight is 246 g/mol. The van der Waals surface area contributed by atoms with E-state index in [9.17, 15) is 0 Å². The van der Waals surface area contributed by atoms with E-state index in [0.717, 1.165) is 6.54 Å². The van der Waals surface area contributed by atoms with Crippen LogP contribution in [-0.4, -0.2) is 11.6 Å². The summed E-state index contributed by atoms with van der Waals surface area (Å²) in [5, 5.41) is 5.57. The van der Waals surface area contributed by atoms with Crippen molar-refractivity contribution in [2.75, 3.05) is 7.05 Å². The SMILES string of the molecule is CNC1CCCc2cn(Cc3cccs3)cc21. The first-order valence-corrected chi connectivity index (χ1v) is 7.13. The Morgan fingerprint density at radius 2 is 2.41 bits per heavy atom. The summed E-state index contributed by atoms with van der Waals surface area (Å²) in [6.45, 7) is 1.01. The first kappa shape index (κ1) is 11.1. The van der Waals surface area contributed by atoms with Gasteiger partial charge < -0.3 is 9.88 Å². The summed E-state index contributed by atoms with van der Waals surface area (Å²) in [4.78, 5) is 1.43. The quantitative estimate of drug-likeness (QED) is 0.880. The van der Waals surface area contributed by atoms with Crippen molar-refractivity contribution >= 4 is 11.3 Å². The lowest BCUT2D eigenvalue weighted by molar-refractivity contribution is 0.498. The van der Waals surface area contributed by atoms with E-state index >= 15 is 0 Å².